The van der Waals surface area contributed by atoms with Crippen LogP contribution in [0.25, 0.3) is 0 Å². The predicted molar refractivity (Wildman–Crippen MR) is 45.4 cm³/mol. The van der Waals surface area contributed by atoms with Gasteiger partial charge in [-0.3, -0.25) is 4.79 Å². The van der Waals surface area contributed by atoms with Crippen molar-refractivity contribution >= 4 is 5.97 Å². The van der Waals surface area contributed by atoms with Gasteiger partial charge in [0, 0.05) is 7.11 Å². The minimum absolute atomic E-state index is 0.0166. The van der Waals surface area contributed by atoms with Gasteiger partial charge in [0.05, 0.1) is 5.92 Å². The predicted octanol–water partition coefficient (Wildman–Crippen LogP) is 2.21. The monoisotopic (exact) mass is 226 g/mol. The maximum absolute atomic E-state index is 12.7. The topological polar surface area (TPSA) is 46.5 Å². The second kappa shape index (κ2) is 4.00. The smallest absolute Gasteiger partial charge is 0.417 e. The van der Waals surface area contributed by atoms with Crippen LogP contribution in [0.15, 0.2) is 0 Å². The Balaban J connectivity index is 2.71. The molecule has 1 N–H and O–H groups in total. The fourth-order valence-corrected chi connectivity index (χ4v) is 1.93. The molecule has 1 aliphatic rings. The number of carboxylic acids is 1. The van der Waals surface area contributed by atoms with Crippen molar-refractivity contribution in [2.45, 2.75) is 37.5 Å². The van der Waals surface area contributed by atoms with Gasteiger partial charge >= 0.3 is 12.1 Å². The summed E-state index contributed by atoms with van der Waals surface area (Å²) in [5, 5.41) is 8.66. The summed E-state index contributed by atoms with van der Waals surface area (Å²) in [6.07, 6.45) is -4.94. The average Bonchev–Trinajstić information content (AvgIpc) is 2.16. The van der Waals surface area contributed by atoms with E-state index in [1.54, 1.807) is 0 Å². The molecule has 1 rings (SSSR count). The summed E-state index contributed by atoms with van der Waals surface area (Å²) in [4.78, 5) is 10.6. The molecule has 0 heterocycles. The molecule has 0 spiro atoms. The highest BCUT2D eigenvalue weighted by molar-refractivity contribution is 5.70. The molecule has 0 unspecified atom stereocenters. The number of alkyl halides is 3. The van der Waals surface area contributed by atoms with E-state index < -0.39 is 23.7 Å². The largest absolute Gasteiger partial charge is 0.481 e. The van der Waals surface area contributed by atoms with Crippen LogP contribution in [0.5, 0.6) is 0 Å². The molecule has 0 bridgehead atoms. The standard InChI is InChI=1S/C9H13F3O3/c1-15-8(9(10,11)12)4-2-6(3-5-8)7(13)14/h6H,2-5H2,1H3,(H,13,14). The van der Waals surface area contributed by atoms with Crippen LogP contribution in [0.1, 0.15) is 25.7 Å². The molecule has 0 saturated heterocycles. The summed E-state index contributed by atoms with van der Waals surface area (Å²) < 4.78 is 42.5. The molecule has 1 fully saturated rings. The third kappa shape index (κ3) is 2.25. The Hall–Kier alpha value is -0.780. The van der Waals surface area contributed by atoms with Crippen LogP contribution in [-0.4, -0.2) is 30.0 Å². The summed E-state index contributed by atoms with van der Waals surface area (Å²) in [6, 6.07) is 0. The van der Waals surface area contributed by atoms with Gasteiger partial charge in [-0.1, -0.05) is 0 Å². The van der Waals surface area contributed by atoms with Crippen molar-refractivity contribution in [3.05, 3.63) is 0 Å². The first-order chi connectivity index (χ1) is 6.82. The van der Waals surface area contributed by atoms with E-state index in [0.29, 0.717) is 0 Å². The summed E-state index contributed by atoms with van der Waals surface area (Å²) in [5.74, 6) is -1.70. The van der Waals surface area contributed by atoms with Gasteiger partial charge in [-0.2, -0.15) is 13.2 Å². The van der Waals surface area contributed by atoms with Gasteiger partial charge in [-0.15, -0.1) is 0 Å². The number of halogens is 3. The van der Waals surface area contributed by atoms with E-state index in [-0.39, 0.29) is 25.7 Å². The molecule has 1 saturated carbocycles. The highest BCUT2D eigenvalue weighted by Gasteiger charge is 2.56. The molecule has 0 aliphatic heterocycles. The van der Waals surface area contributed by atoms with E-state index in [1.165, 1.54) is 0 Å². The third-order valence-corrected chi connectivity index (χ3v) is 3.05. The van der Waals surface area contributed by atoms with E-state index >= 15 is 0 Å². The zero-order chi connectivity index (χ0) is 11.7. The highest BCUT2D eigenvalue weighted by Crippen LogP contribution is 2.45. The molecule has 6 heteroatoms. The Labute approximate surface area is 85.2 Å². The molecule has 3 nitrogen and oxygen atoms in total. The Kier molecular flexibility index (Phi) is 3.28. The fraction of sp³-hybridized carbons (Fsp3) is 0.889. The van der Waals surface area contributed by atoms with E-state index in [0.717, 1.165) is 7.11 Å². The van der Waals surface area contributed by atoms with Crippen LogP contribution in [-0.2, 0) is 9.53 Å². The van der Waals surface area contributed by atoms with Gasteiger partial charge in [-0.05, 0) is 25.7 Å². The lowest BCUT2D eigenvalue weighted by molar-refractivity contribution is -0.281. The molecule has 0 atom stereocenters. The first-order valence-corrected chi connectivity index (χ1v) is 4.67. The lowest BCUT2D eigenvalue weighted by atomic mass is 9.78. The van der Waals surface area contributed by atoms with Crippen LogP contribution < -0.4 is 0 Å². The molecule has 0 aromatic rings. The van der Waals surface area contributed by atoms with E-state index in [9.17, 15) is 18.0 Å². The maximum atomic E-state index is 12.7. The lowest BCUT2D eigenvalue weighted by Crippen LogP contribution is -2.50. The first-order valence-electron chi connectivity index (χ1n) is 4.67. The summed E-state index contributed by atoms with van der Waals surface area (Å²) in [6.45, 7) is 0. The average molecular weight is 226 g/mol. The minimum Gasteiger partial charge on any atom is -0.481 e. The number of rotatable bonds is 2. The maximum Gasteiger partial charge on any atom is 0.417 e. The van der Waals surface area contributed by atoms with Crippen LogP contribution in [0.4, 0.5) is 13.2 Å². The molecule has 0 amide bonds. The van der Waals surface area contributed by atoms with Crippen molar-refractivity contribution in [3.8, 4) is 0 Å². The zero-order valence-corrected chi connectivity index (χ0v) is 8.30. The number of ether oxygens (including phenoxy) is 1. The summed E-state index contributed by atoms with van der Waals surface area (Å²) >= 11 is 0. The zero-order valence-electron chi connectivity index (χ0n) is 8.30. The Morgan fingerprint density at radius 3 is 2.13 bits per heavy atom. The number of carbonyl (C=O) groups is 1. The molecular formula is C9H13F3O3. The highest BCUT2D eigenvalue weighted by atomic mass is 19.4. The van der Waals surface area contributed by atoms with Crippen molar-refractivity contribution in [1.82, 2.24) is 0 Å². The molecule has 88 valence electrons. The van der Waals surface area contributed by atoms with E-state index in [2.05, 4.69) is 4.74 Å². The Morgan fingerprint density at radius 1 is 1.40 bits per heavy atom. The molecule has 0 radical (unpaired) electrons. The van der Waals surface area contributed by atoms with Gasteiger partial charge in [0.2, 0.25) is 0 Å². The first kappa shape index (κ1) is 12.3. The Bertz CT molecular complexity index is 241. The molecule has 0 aromatic heterocycles. The summed E-state index contributed by atoms with van der Waals surface area (Å²) in [5.41, 5.74) is -2.14. The Morgan fingerprint density at radius 2 is 1.87 bits per heavy atom. The van der Waals surface area contributed by atoms with Gasteiger partial charge in [0.15, 0.2) is 5.60 Å². The second-order valence-corrected chi connectivity index (χ2v) is 3.81. The van der Waals surface area contributed by atoms with Gasteiger partial charge in [-0.25, -0.2) is 0 Å². The minimum atomic E-state index is -4.43. The normalized spacial score (nSPS) is 32.7. The van der Waals surface area contributed by atoms with Crippen LogP contribution >= 0.6 is 0 Å². The molecule has 1 aliphatic carbocycles. The molecule has 0 aromatic carbocycles. The van der Waals surface area contributed by atoms with Crippen molar-refractivity contribution in [3.63, 3.8) is 0 Å². The van der Waals surface area contributed by atoms with Crippen molar-refractivity contribution in [2.75, 3.05) is 7.11 Å². The SMILES string of the molecule is COC1(C(F)(F)F)CCC(C(=O)O)CC1. The van der Waals surface area contributed by atoms with Crippen LogP contribution in [0.3, 0.4) is 0 Å². The lowest BCUT2D eigenvalue weighted by Gasteiger charge is -2.39. The quantitative estimate of drug-likeness (QED) is 0.785. The van der Waals surface area contributed by atoms with E-state index in [1.807, 2.05) is 0 Å². The fourth-order valence-electron chi connectivity index (χ4n) is 1.93. The van der Waals surface area contributed by atoms with Gasteiger partial charge < -0.3 is 9.84 Å². The number of aliphatic carboxylic acids is 1. The van der Waals surface area contributed by atoms with Gasteiger partial charge in [0.1, 0.15) is 0 Å². The van der Waals surface area contributed by atoms with Crippen LogP contribution in [0, 0.1) is 5.92 Å². The van der Waals surface area contributed by atoms with E-state index in [4.69, 9.17) is 5.11 Å². The van der Waals surface area contributed by atoms with Crippen LogP contribution in [0.2, 0.25) is 0 Å². The number of hydrogen-bond acceptors (Lipinski definition) is 2. The second-order valence-electron chi connectivity index (χ2n) is 3.81. The van der Waals surface area contributed by atoms with Crippen molar-refractivity contribution < 1.29 is 27.8 Å². The van der Waals surface area contributed by atoms with Gasteiger partial charge in [0.25, 0.3) is 0 Å². The number of carboxylic acid groups (broad SMARTS) is 1. The molecular weight excluding hydrogens is 213 g/mol. The number of hydrogen-bond donors (Lipinski definition) is 1. The third-order valence-electron chi connectivity index (χ3n) is 3.05. The van der Waals surface area contributed by atoms with Crippen molar-refractivity contribution in [1.29, 1.82) is 0 Å². The number of methoxy groups -OCH3 is 1. The molecule has 15 heavy (non-hydrogen) atoms. The van der Waals surface area contributed by atoms with Crippen molar-refractivity contribution in [2.24, 2.45) is 5.92 Å². The summed E-state index contributed by atoms with van der Waals surface area (Å²) in [7, 11) is 1.02.